The molecule has 2 rings (SSSR count). The fourth-order valence-corrected chi connectivity index (χ4v) is 3.31. The normalized spacial score (nSPS) is 22.4. The quantitative estimate of drug-likeness (QED) is 0.664. The highest BCUT2D eigenvalue weighted by Crippen LogP contribution is 2.41. The number of nitrogens with zero attached hydrogens (tertiary/aromatic N) is 1. The Kier molecular flexibility index (Phi) is 3.83. The molecule has 1 aliphatic heterocycles. The van der Waals surface area contributed by atoms with Gasteiger partial charge in [-0.3, -0.25) is 19.8 Å². The number of sulfonamides is 1. The summed E-state index contributed by atoms with van der Waals surface area (Å²) in [5, 5.41) is 7.06. The lowest BCUT2D eigenvalue weighted by molar-refractivity contribution is -0.151. The third-order valence-corrected chi connectivity index (χ3v) is 4.68. The third kappa shape index (κ3) is 2.68. The van der Waals surface area contributed by atoms with Crippen molar-refractivity contribution < 1.29 is 22.8 Å². The first-order valence-corrected chi connectivity index (χ1v) is 8.16. The lowest BCUT2D eigenvalue weighted by Crippen LogP contribution is -2.63. The Morgan fingerprint density at radius 1 is 1.20 bits per heavy atom. The summed E-state index contributed by atoms with van der Waals surface area (Å²) in [6.07, 6.45) is 2.44. The topological polar surface area (TPSA) is 127 Å². The molecule has 0 aromatic heterocycles. The van der Waals surface area contributed by atoms with Crippen LogP contribution in [0.4, 0.5) is 4.79 Å². The van der Waals surface area contributed by atoms with Gasteiger partial charge in [-0.05, 0) is 19.3 Å². The van der Waals surface area contributed by atoms with Gasteiger partial charge < -0.3 is 0 Å². The number of amides is 4. The summed E-state index contributed by atoms with van der Waals surface area (Å²) < 4.78 is 21.7. The minimum absolute atomic E-state index is 0.0578. The van der Waals surface area contributed by atoms with Crippen molar-refractivity contribution in [3.63, 3.8) is 0 Å². The molecule has 1 spiro atoms. The van der Waals surface area contributed by atoms with E-state index in [4.69, 9.17) is 5.14 Å². The summed E-state index contributed by atoms with van der Waals surface area (Å²) in [6.45, 7) is -0.0594. The molecular formula is C11H17N3O5S. The van der Waals surface area contributed by atoms with Gasteiger partial charge in [-0.2, -0.15) is 0 Å². The van der Waals surface area contributed by atoms with E-state index < -0.39 is 33.3 Å². The molecule has 1 aliphatic carbocycles. The summed E-state index contributed by atoms with van der Waals surface area (Å²) in [5.41, 5.74) is -1.14. The molecule has 1 heterocycles. The third-order valence-electron chi connectivity index (χ3n) is 3.82. The molecule has 2 aliphatic rings. The number of barbiturate groups is 1. The lowest BCUT2D eigenvalue weighted by atomic mass is 9.82. The zero-order valence-corrected chi connectivity index (χ0v) is 11.7. The number of nitrogens with two attached hydrogens (primary N) is 1. The molecule has 0 atom stereocenters. The van der Waals surface area contributed by atoms with Crippen LogP contribution in [0.1, 0.15) is 32.1 Å². The van der Waals surface area contributed by atoms with Gasteiger partial charge in [-0.25, -0.2) is 18.4 Å². The molecule has 112 valence electrons. The molecule has 1 saturated heterocycles. The van der Waals surface area contributed by atoms with Gasteiger partial charge in [0.05, 0.1) is 5.75 Å². The average molecular weight is 303 g/mol. The van der Waals surface area contributed by atoms with Gasteiger partial charge in [0.15, 0.2) is 0 Å². The highest BCUT2D eigenvalue weighted by Gasteiger charge is 2.54. The predicted octanol–water partition coefficient (Wildman–Crippen LogP) is -0.696. The van der Waals surface area contributed by atoms with Gasteiger partial charge in [0.2, 0.25) is 21.8 Å². The predicted molar refractivity (Wildman–Crippen MR) is 68.7 cm³/mol. The van der Waals surface area contributed by atoms with Crippen molar-refractivity contribution in [2.75, 3.05) is 12.3 Å². The number of nitrogens with one attached hydrogen (secondary N) is 1. The second-order valence-corrected chi connectivity index (χ2v) is 6.96. The maximum Gasteiger partial charge on any atom is 0.330 e. The summed E-state index contributed by atoms with van der Waals surface area (Å²) in [6, 6.07) is -0.785. The molecular weight excluding hydrogens is 286 g/mol. The molecule has 0 bridgehead atoms. The van der Waals surface area contributed by atoms with E-state index in [1.54, 1.807) is 0 Å². The van der Waals surface area contributed by atoms with E-state index in [2.05, 4.69) is 5.32 Å². The monoisotopic (exact) mass is 303 g/mol. The summed E-state index contributed by atoms with van der Waals surface area (Å²) >= 11 is 0. The van der Waals surface area contributed by atoms with E-state index in [9.17, 15) is 22.8 Å². The number of urea groups is 1. The van der Waals surface area contributed by atoms with E-state index in [0.29, 0.717) is 12.8 Å². The number of imide groups is 2. The lowest BCUT2D eigenvalue weighted by Gasteiger charge is -2.36. The van der Waals surface area contributed by atoms with E-state index in [1.807, 2.05) is 0 Å². The molecule has 0 aromatic carbocycles. The SMILES string of the molecule is NS(=O)(=O)CCCN1C(=O)NC(=O)C2(CCCC2)C1=O. The van der Waals surface area contributed by atoms with Gasteiger partial charge in [-0.15, -0.1) is 0 Å². The standard InChI is InChI=1S/C11H17N3O5S/c12-20(18,19)7-3-6-14-9(16)11(4-1-2-5-11)8(15)13-10(14)17/h1-7H2,(H2,12,18,19)(H,13,15,17). The Labute approximate surface area is 116 Å². The Bertz CT molecular complexity index is 550. The van der Waals surface area contributed by atoms with Crippen LogP contribution in [0.25, 0.3) is 0 Å². The van der Waals surface area contributed by atoms with Crippen LogP contribution in [0, 0.1) is 5.41 Å². The van der Waals surface area contributed by atoms with Gasteiger partial charge >= 0.3 is 6.03 Å². The zero-order valence-electron chi connectivity index (χ0n) is 10.9. The molecule has 1 saturated carbocycles. The largest absolute Gasteiger partial charge is 0.330 e. The van der Waals surface area contributed by atoms with Crippen LogP contribution in [0.15, 0.2) is 0 Å². The van der Waals surface area contributed by atoms with Crippen LogP contribution in [-0.4, -0.2) is 43.5 Å². The van der Waals surface area contributed by atoms with E-state index in [-0.39, 0.29) is 18.7 Å². The summed E-state index contributed by atoms with van der Waals surface area (Å²) in [7, 11) is -3.63. The Balaban J connectivity index is 2.10. The molecule has 9 heteroatoms. The van der Waals surface area contributed by atoms with Crippen LogP contribution in [0.2, 0.25) is 0 Å². The average Bonchev–Trinajstić information content (AvgIpc) is 2.81. The van der Waals surface area contributed by atoms with Gasteiger partial charge in [0, 0.05) is 6.54 Å². The number of primary sulfonamides is 1. The smallest absolute Gasteiger partial charge is 0.277 e. The molecule has 4 amide bonds. The van der Waals surface area contributed by atoms with Crippen LogP contribution in [0.3, 0.4) is 0 Å². The first kappa shape index (κ1) is 14.9. The summed E-state index contributed by atoms with van der Waals surface area (Å²) in [5.74, 6) is -1.36. The van der Waals surface area contributed by atoms with Crippen molar-refractivity contribution >= 4 is 27.9 Å². The van der Waals surface area contributed by atoms with Gasteiger partial charge in [-0.1, -0.05) is 12.8 Å². The summed E-state index contributed by atoms with van der Waals surface area (Å²) in [4.78, 5) is 36.9. The molecule has 0 aromatic rings. The number of carbonyl (C=O) groups excluding carboxylic acids is 3. The Morgan fingerprint density at radius 2 is 1.80 bits per heavy atom. The van der Waals surface area contributed by atoms with E-state index in [1.165, 1.54) is 0 Å². The van der Waals surface area contributed by atoms with Crippen LogP contribution >= 0.6 is 0 Å². The number of rotatable bonds is 4. The highest BCUT2D eigenvalue weighted by atomic mass is 32.2. The molecule has 8 nitrogen and oxygen atoms in total. The maximum absolute atomic E-state index is 12.4. The number of hydrogen-bond acceptors (Lipinski definition) is 5. The Morgan fingerprint density at radius 3 is 2.35 bits per heavy atom. The van der Waals surface area contributed by atoms with Crippen LogP contribution < -0.4 is 10.5 Å². The number of carbonyl (C=O) groups is 3. The minimum atomic E-state index is -3.63. The number of hydrogen-bond donors (Lipinski definition) is 2. The fourth-order valence-electron chi connectivity index (χ4n) is 2.78. The van der Waals surface area contributed by atoms with Gasteiger partial charge in [0.25, 0.3) is 0 Å². The molecule has 3 N–H and O–H groups in total. The first-order chi connectivity index (χ1) is 9.26. The van der Waals surface area contributed by atoms with Crippen LogP contribution in [-0.2, 0) is 19.6 Å². The molecule has 20 heavy (non-hydrogen) atoms. The van der Waals surface area contributed by atoms with Crippen molar-refractivity contribution in [3.8, 4) is 0 Å². The van der Waals surface area contributed by atoms with Crippen molar-refractivity contribution in [1.82, 2.24) is 10.2 Å². The molecule has 0 unspecified atom stereocenters. The van der Waals surface area contributed by atoms with Crippen LogP contribution in [0.5, 0.6) is 0 Å². The maximum atomic E-state index is 12.4. The van der Waals surface area contributed by atoms with Crippen molar-refractivity contribution in [2.45, 2.75) is 32.1 Å². The second kappa shape index (κ2) is 5.13. The van der Waals surface area contributed by atoms with Gasteiger partial charge in [0.1, 0.15) is 5.41 Å². The van der Waals surface area contributed by atoms with Crippen molar-refractivity contribution in [2.24, 2.45) is 10.6 Å². The van der Waals surface area contributed by atoms with Crippen molar-refractivity contribution in [1.29, 1.82) is 0 Å². The first-order valence-electron chi connectivity index (χ1n) is 6.44. The zero-order chi connectivity index (χ0) is 15.0. The van der Waals surface area contributed by atoms with E-state index in [0.717, 1.165) is 17.7 Å². The fraction of sp³-hybridized carbons (Fsp3) is 0.727. The molecule has 0 radical (unpaired) electrons. The Hall–Kier alpha value is -1.48. The van der Waals surface area contributed by atoms with E-state index >= 15 is 0 Å². The minimum Gasteiger partial charge on any atom is -0.277 e. The molecule has 2 fully saturated rings. The van der Waals surface area contributed by atoms with Crippen molar-refractivity contribution in [3.05, 3.63) is 0 Å². The second-order valence-electron chi connectivity index (χ2n) is 5.23. The highest BCUT2D eigenvalue weighted by molar-refractivity contribution is 7.89.